The quantitative estimate of drug-likeness (QED) is 0.400. The number of carboxylic acids is 1. The van der Waals surface area contributed by atoms with Crippen LogP contribution in [0.2, 0.25) is 10.0 Å². The van der Waals surface area contributed by atoms with E-state index in [2.05, 4.69) is 0 Å². The van der Waals surface area contributed by atoms with Crippen molar-refractivity contribution in [3.8, 4) is 0 Å². The fraction of sp³-hybridized carbons (Fsp3) is 0.240. The maximum absolute atomic E-state index is 13.7. The lowest BCUT2D eigenvalue weighted by atomic mass is 9.90. The normalized spacial score (nSPS) is 21.3. The van der Waals surface area contributed by atoms with E-state index in [0.717, 1.165) is 16.0 Å². The van der Waals surface area contributed by atoms with Gasteiger partial charge in [0.05, 0.1) is 16.9 Å². The van der Waals surface area contributed by atoms with Gasteiger partial charge in [-0.1, -0.05) is 53.0 Å². The number of nitrogens with zero attached hydrogens (tertiary/aromatic N) is 1. The van der Waals surface area contributed by atoms with E-state index in [-0.39, 0.29) is 16.7 Å². The average Bonchev–Trinajstić information content (AvgIpc) is 2.80. The van der Waals surface area contributed by atoms with Gasteiger partial charge in [0, 0.05) is 26.7 Å². The zero-order chi connectivity index (χ0) is 24.5. The number of rotatable bonds is 6. The highest BCUT2D eigenvalue weighted by Gasteiger charge is 2.45. The number of hydrogen-bond donors (Lipinski definition) is 1. The molecule has 1 aliphatic rings. The summed E-state index contributed by atoms with van der Waals surface area (Å²) in [6, 6.07) is 20.3. The zero-order valence-electron chi connectivity index (χ0n) is 18.3. The summed E-state index contributed by atoms with van der Waals surface area (Å²) >= 11 is 13.7. The lowest BCUT2D eigenvalue weighted by Gasteiger charge is -2.41. The van der Waals surface area contributed by atoms with Crippen LogP contribution in [0.5, 0.6) is 0 Å². The molecule has 3 aromatic rings. The van der Waals surface area contributed by atoms with E-state index in [1.54, 1.807) is 54.6 Å². The van der Waals surface area contributed by atoms with Crippen molar-refractivity contribution in [3.63, 3.8) is 0 Å². The molecule has 178 valence electrons. The van der Waals surface area contributed by atoms with Crippen molar-refractivity contribution in [2.75, 3.05) is 6.54 Å². The molecule has 0 spiro atoms. The molecule has 9 heteroatoms. The molecular weight excluding hydrogens is 513 g/mol. The molecule has 4 rings (SSSR count). The number of carbonyl (C=O) groups is 1. The second kappa shape index (κ2) is 10.3. The molecule has 1 heterocycles. The number of aryl methyl sites for hydroxylation is 1. The predicted octanol–water partition coefficient (Wildman–Crippen LogP) is 6.30. The Bertz CT molecular complexity index is 1280. The molecule has 1 N–H and O–H groups in total. The van der Waals surface area contributed by atoms with E-state index in [0.29, 0.717) is 16.5 Å². The maximum Gasteiger partial charge on any atom is 0.308 e. The topological polar surface area (TPSA) is 74.7 Å². The smallest absolute Gasteiger partial charge is 0.308 e. The molecule has 1 aliphatic heterocycles. The highest BCUT2D eigenvalue weighted by Crippen LogP contribution is 2.44. The van der Waals surface area contributed by atoms with Gasteiger partial charge in [0.15, 0.2) is 0 Å². The number of sulfonamides is 1. The minimum atomic E-state index is -3.96. The predicted molar refractivity (Wildman–Crippen MR) is 136 cm³/mol. The van der Waals surface area contributed by atoms with Crippen LogP contribution >= 0.6 is 35.0 Å². The van der Waals surface area contributed by atoms with Gasteiger partial charge >= 0.3 is 5.97 Å². The molecule has 0 amide bonds. The van der Waals surface area contributed by atoms with Crippen molar-refractivity contribution in [1.82, 2.24) is 4.31 Å². The fourth-order valence-electron chi connectivity index (χ4n) is 4.12. The van der Waals surface area contributed by atoms with Crippen molar-refractivity contribution in [2.24, 2.45) is 5.92 Å². The Labute approximate surface area is 213 Å². The first-order valence-electron chi connectivity index (χ1n) is 10.6. The first kappa shape index (κ1) is 25.1. The molecule has 1 saturated heterocycles. The Morgan fingerprint density at radius 1 is 1.00 bits per heavy atom. The molecule has 0 bridgehead atoms. The molecule has 3 aromatic carbocycles. The Kier molecular flexibility index (Phi) is 7.60. The molecule has 0 aliphatic carbocycles. The lowest BCUT2D eigenvalue weighted by molar-refractivity contribution is -0.143. The molecule has 1 fully saturated rings. The molecule has 0 radical (unpaired) electrons. The largest absolute Gasteiger partial charge is 0.481 e. The van der Waals surface area contributed by atoms with Gasteiger partial charge in [-0.05, 0) is 67.4 Å². The third-order valence-corrected chi connectivity index (χ3v) is 9.65. The summed E-state index contributed by atoms with van der Waals surface area (Å²) in [5.74, 6) is -1.92. The van der Waals surface area contributed by atoms with Gasteiger partial charge in [-0.3, -0.25) is 4.79 Å². The molecule has 3 atom stereocenters. The van der Waals surface area contributed by atoms with E-state index in [1.165, 1.54) is 16.1 Å². The third-order valence-electron chi connectivity index (χ3n) is 5.91. The Morgan fingerprint density at radius 3 is 2.29 bits per heavy atom. The SMILES string of the molecule is Cc1ccc(S(=O)(=O)N2C[C@@H](C(=O)O)[C@H](Sc3ccc(Cl)cc3)C[C@H]2c2cccc(Cl)c2)cc1. The zero-order valence-corrected chi connectivity index (χ0v) is 21.4. The summed E-state index contributed by atoms with van der Waals surface area (Å²) in [5.41, 5.74) is 1.67. The molecule has 5 nitrogen and oxygen atoms in total. The summed E-state index contributed by atoms with van der Waals surface area (Å²) in [4.78, 5) is 13.3. The minimum absolute atomic E-state index is 0.137. The van der Waals surface area contributed by atoms with E-state index < -0.39 is 28.0 Å². The molecule has 0 aromatic heterocycles. The summed E-state index contributed by atoms with van der Waals surface area (Å²) in [5, 5.41) is 10.8. The van der Waals surface area contributed by atoms with E-state index >= 15 is 0 Å². The van der Waals surface area contributed by atoms with Crippen LogP contribution in [0.15, 0.2) is 82.6 Å². The van der Waals surface area contributed by atoms with Crippen LogP contribution < -0.4 is 0 Å². The molecular formula is C25H23Cl2NO4S2. The molecule has 0 unspecified atom stereocenters. The summed E-state index contributed by atoms with van der Waals surface area (Å²) in [6.07, 6.45) is 0.315. The number of aliphatic carboxylic acids is 1. The second-order valence-electron chi connectivity index (χ2n) is 8.25. The van der Waals surface area contributed by atoms with Gasteiger partial charge in [-0.15, -0.1) is 11.8 Å². The number of thioether (sulfide) groups is 1. The second-order valence-corrected chi connectivity index (χ2v) is 12.3. The molecule has 34 heavy (non-hydrogen) atoms. The summed E-state index contributed by atoms with van der Waals surface area (Å²) in [6.45, 7) is 1.74. The Morgan fingerprint density at radius 2 is 1.68 bits per heavy atom. The van der Waals surface area contributed by atoms with Crippen LogP contribution in [0.25, 0.3) is 0 Å². The Hall–Kier alpha value is -2.03. The molecule has 0 saturated carbocycles. The van der Waals surface area contributed by atoms with Crippen LogP contribution in [0.4, 0.5) is 0 Å². The van der Waals surface area contributed by atoms with Gasteiger partial charge in [0.1, 0.15) is 0 Å². The van der Waals surface area contributed by atoms with Crippen molar-refractivity contribution >= 4 is 51.0 Å². The van der Waals surface area contributed by atoms with Crippen molar-refractivity contribution in [3.05, 3.63) is 94.0 Å². The van der Waals surface area contributed by atoms with E-state index in [9.17, 15) is 18.3 Å². The monoisotopic (exact) mass is 535 g/mol. The minimum Gasteiger partial charge on any atom is -0.481 e. The van der Waals surface area contributed by atoms with Crippen molar-refractivity contribution < 1.29 is 18.3 Å². The maximum atomic E-state index is 13.7. The lowest BCUT2D eigenvalue weighted by Crippen LogP contribution is -2.49. The number of piperidine rings is 1. The number of hydrogen-bond acceptors (Lipinski definition) is 4. The van der Waals surface area contributed by atoms with Crippen LogP contribution in [0, 0.1) is 12.8 Å². The van der Waals surface area contributed by atoms with Gasteiger partial charge in [0.2, 0.25) is 10.0 Å². The number of carboxylic acid groups (broad SMARTS) is 1. The van der Waals surface area contributed by atoms with Gasteiger partial charge < -0.3 is 5.11 Å². The fourth-order valence-corrected chi connectivity index (χ4v) is 7.39. The first-order valence-corrected chi connectivity index (χ1v) is 13.7. The average molecular weight is 537 g/mol. The first-order chi connectivity index (χ1) is 16.1. The van der Waals surface area contributed by atoms with E-state index in [1.807, 2.05) is 25.1 Å². The van der Waals surface area contributed by atoms with Crippen LogP contribution in [-0.2, 0) is 14.8 Å². The van der Waals surface area contributed by atoms with Crippen LogP contribution in [0.3, 0.4) is 0 Å². The number of halogens is 2. The highest BCUT2D eigenvalue weighted by atomic mass is 35.5. The van der Waals surface area contributed by atoms with Crippen LogP contribution in [0.1, 0.15) is 23.6 Å². The van der Waals surface area contributed by atoms with Crippen molar-refractivity contribution in [1.29, 1.82) is 0 Å². The van der Waals surface area contributed by atoms with Gasteiger partial charge in [0.25, 0.3) is 0 Å². The van der Waals surface area contributed by atoms with E-state index in [4.69, 9.17) is 23.2 Å². The van der Waals surface area contributed by atoms with Crippen molar-refractivity contribution in [2.45, 2.75) is 34.4 Å². The highest BCUT2D eigenvalue weighted by molar-refractivity contribution is 8.00. The summed E-state index contributed by atoms with van der Waals surface area (Å²) < 4.78 is 28.8. The standard InChI is InChI=1S/C25H23Cl2NO4S2/c1-16-5-11-21(12-6-16)34(31,32)28-15-22(25(29)30)24(33-20-9-7-18(26)8-10-20)14-23(28)17-3-2-4-19(27)13-17/h2-13,22-24H,14-15H2,1H3,(H,29,30)/t22-,23+,24-/m1/s1. The Balaban J connectivity index is 1.76. The van der Waals surface area contributed by atoms with Gasteiger partial charge in [-0.2, -0.15) is 4.31 Å². The van der Waals surface area contributed by atoms with Crippen LogP contribution in [-0.4, -0.2) is 35.6 Å². The van der Waals surface area contributed by atoms with Gasteiger partial charge in [-0.25, -0.2) is 8.42 Å². The summed E-state index contributed by atoms with van der Waals surface area (Å²) in [7, 11) is -3.96. The number of benzene rings is 3. The third kappa shape index (κ3) is 5.44.